The Morgan fingerprint density at radius 3 is 1.56 bits per heavy atom. The van der Waals surface area contributed by atoms with Crippen molar-refractivity contribution in [3.63, 3.8) is 0 Å². The molecule has 0 aliphatic rings. The molecule has 25 heavy (non-hydrogen) atoms. The van der Waals surface area contributed by atoms with Crippen LogP contribution in [-0.2, 0) is 0 Å². The van der Waals surface area contributed by atoms with Gasteiger partial charge in [-0.25, -0.2) is 0 Å². The van der Waals surface area contributed by atoms with Crippen molar-refractivity contribution in [3.05, 3.63) is 30.3 Å². The van der Waals surface area contributed by atoms with Gasteiger partial charge in [0.05, 0.1) is 0 Å². The zero-order valence-corrected chi connectivity index (χ0v) is 13.4. The first-order chi connectivity index (χ1) is 11.1. The Bertz CT molecular complexity index is 566. The zero-order chi connectivity index (χ0) is 19.8. The summed E-state index contributed by atoms with van der Waals surface area (Å²) in [4.78, 5) is 0.574. The lowest BCUT2D eigenvalue weighted by Crippen LogP contribution is -2.67. The Balaban J connectivity index is 3.43. The van der Waals surface area contributed by atoms with E-state index < -0.39 is 35.9 Å². The predicted octanol–water partition coefficient (Wildman–Crippen LogP) is 5.62. The molecule has 1 aromatic carbocycles. The maximum absolute atomic E-state index is 14.3. The standard InChI is InChI=1S/C15H16F9N/c1-9(2)11(25(3)10-7-5-4-6-8-10)12(16,17)13(18,19)14(20,21)15(22,23)24/h4-9,11H,1-3H3. The van der Waals surface area contributed by atoms with Crippen LogP contribution in [0.3, 0.4) is 0 Å². The molecule has 144 valence electrons. The van der Waals surface area contributed by atoms with E-state index in [-0.39, 0.29) is 5.69 Å². The Kier molecular flexibility index (Phi) is 5.66. The fourth-order valence-electron chi connectivity index (χ4n) is 2.51. The Morgan fingerprint density at radius 2 is 1.20 bits per heavy atom. The summed E-state index contributed by atoms with van der Waals surface area (Å²) in [6.07, 6.45) is -6.83. The van der Waals surface area contributed by atoms with Gasteiger partial charge in [0.2, 0.25) is 0 Å². The van der Waals surface area contributed by atoms with Gasteiger partial charge in [0.25, 0.3) is 0 Å². The topological polar surface area (TPSA) is 3.24 Å². The number of nitrogens with zero attached hydrogens (tertiary/aromatic N) is 1. The number of hydrogen-bond acceptors (Lipinski definition) is 1. The first kappa shape index (κ1) is 21.4. The van der Waals surface area contributed by atoms with E-state index in [2.05, 4.69) is 0 Å². The number of para-hydroxylation sites is 1. The maximum atomic E-state index is 14.3. The monoisotopic (exact) mass is 381 g/mol. The number of rotatable bonds is 6. The summed E-state index contributed by atoms with van der Waals surface area (Å²) in [7, 11) is 0.926. The smallest absolute Gasteiger partial charge is 0.365 e. The highest BCUT2D eigenvalue weighted by Gasteiger charge is 2.83. The van der Waals surface area contributed by atoms with Crippen molar-refractivity contribution in [3.8, 4) is 0 Å². The molecule has 0 N–H and O–H groups in total. The van der Waals surface area contributed by atoms with Crippen LogP contribution in [-0.4, -0.2) is 37.0 Å². The number of hydrogen-bond donors (Lipinski definition) is 0. The van der Waals surface area contributed by atoms with E-state index in [1.807, 2.05) is 0 Å². The fraction of sp³-hybridized carbons (Fsp3) is 0.600. The van der Waals surface area contributed by atoms with Crippen LogP contribution in [0, 0.1) is 5.92 Å². The van der Waals surface area contributed by atoms with Gasteiger partial charge in [0.15, 0.2) is 0 Å². The minimum atomic E-state index is -6.89. The predicted molar refractivity (Wildman–Crippen MR) is 74.4 cm³/mol. The van der Waals surface area contributed by atoms with Crippen molar-refractivity contribution in [2.75, 3.05) is 11.9 Å². The van der Waals surface area contributed by atoms with Gasteiger partial charge in [-0.1, -0.05) is 32.0 Å². The highest BCUT2D eigenvalue weighted by atomic mass is 19.4. The Hall–Kier alpha value is -1.61. The number of alkyl halides is 9. The van der Waals surface area contributed by atoms with Gasteiger partial charge in [-0.15, -0.1) is 0 Å². The molecule has 0 aliphatic carbocycles. The fourth-order valence-corrected chi connectivity index (χ4v) is 2.51. The highest BCUT2D eigenvalue weighted by molar-refractivity contribution is 5.47. The molecule has 0 saturated carbocycles. The number of anilines is 1. The molecule has 10 heteroatoms. The maximum Gasteiger partial charge on any atom is 0.460 e. The number of benzene rings is 1. The Morgan fingerprint density at radius 1 is 0.760 bits per heavy atom. The van der Waals surface area contributed by atoms with Crippen LogP contribution in [0.4, 0.5) is 45.2 Å². The largest absolute Gasteiger partial charge is 0.460 e. The molecule has 0 amide bonds. The first-order valence-electron chi connectivity index (χ1n) is 7.07. The van der Waals surface area contributed by atoms with Crippen molar-refractivity contribution >= 4 is 5.69 Å². The van der Waals surface area contributed by atoms with Crippen molar-refractivity contribution in [1.82, 2.24) is 0 Å². The van der Waals surface area contributed by atoms with Crippen LogP contribution < -0.4 is 4.90 Å². The second kappa shape index (κ2) is 6.60. The highest BCUT2D eigenvalue weighted by Crippen LogP contribution is 2.55. The van der Waals surface area contributed by atoms with E-state index >= 15 is 0 Å². The van der Waals surface area contributed by atoms with Gasteiger partial charge in [-0.05, 0) is 18.1 Å². The third-order valence-corrected chi connectivity index (χ3v) is 3.75. The Labute approximate surface area is 138 Å². The van der Waals surface area contributed by atoms with Crippen molar-refractivity contribution in [2.45, 2.75) is 43.8 Å². The van der Waals surface area contributed by atoms with Gasteiger partial charge >= 0.3 is 23.9 Å². The molecule has 0 aliphatic heterocycles. The quantitative estimate of drug-likeness (QED) is 0.579. The van der Waals surface area contributed by atoms with Crippen LogP contribution in [0.5, 0.6) is 0 Å². The summed E-state index contributed by atoms with van der Waals surface area (Å²) in [5.74, 6) is -20.6. The van der Waals surface area contributed by atoms with E-state index in [9.17, 15) is 39.5 Å². The van der Waals surface area contributed by atoms with E-state index in [0.717, 1.165) is 20.9 Å². The SMILES string of the molecule is CC(C)C(N(C)c1ccccc1)C(F)(F)C(F)(F)C(F)(F)C(F)(F)F. The second-order valence-electron chi connectivity index (χ2n) is 5.90. The van der Waals surface area contributed by atoms with Crippen molar-refractivity contribution < 1.29 is 39.5 Å². The van der Waals surface area contributed by atoms with Crippen LogP contribution in [0.25, 0.3) is 0 Å². The van der Waals surface area contributed by atoms with Crippen LogP contribution >= 0.6 is 0 Å². The summed E-state index contributed by atoms with van der Waals surface area (Å²) >= 11 is 0. The lowest BCUT2D eigenvalue weighted by molar-refractivity contribution is -0.399. The molecule has 1 aromatic rings. The van der Waals surface area contributed by atoms with Gasteiger partial charge < -0.3 is 4.90 Å². The minimum Gasteiger partial charge on any atom is -0.365 e. The third-order valence-electron chi connectivity index (χ3n) is 3.75. The van der Waals surface area contributed by atoms with Gasteiger partial charge in [-0.3, -0.25) is 0 Å². The average Bonchev–Trinajstić information content (AvgIpc) is 2.45. The van der Waals surface area contributed by atoms with E-state index in [4.69, 9.17) is 0 Å². The normalized spacial score (nSPS) is 15.4. The lowest BCUT2D eigenvalue weighted by Gasteiger charge is -2.43. The zero-order valence-electron chi connectivity index (χ0n) is 13.4. The van der Waals surface area contributed by atoms with Gasteiger partial charge in [-0.2, -0.15) is 39.5 Å². The van der Waals surface area contributed by atoms with Crippen LogP contribution in [0.2, 0.25) is 0 Å². The van der Waals surface area contributed by atoms with E-state index in [1.165, 1.54) is 30.3 Å². The molecule has 1 atom stereocenters. The molecule has 0 bridgehead atoms. The molecule has 0 radical (unpaired) electrons. The van der Waals surface area contributed by atoms with Gasteiger partial charge in [0.1, 0.15) is 6.04 Å². The third kappa shape index (κ3) is 3.52. The molecule has 0 saturated heterocycles. The van der Waals surface area contributed by atoms with E-state index in [1.54, 1.807) is 0 Å². The minimum absolute atomic E-state index is 0.0352. The molecule has 0 spiro atoms. The summed E-state index contributed by atoms with van der Waals surface area (Å²) in [6, 6.07) is 4.12. The molecule has 0 fully saturated rings. The van der Waals surface area contributed by atoms with Crippen LogP contribution in [0.1, 0.15) is 13.8 Å². The summed E-state index contributed by atoms with van der Waals surface area (Å²) < 4.78 is 119. The van der Waals surface area contributed by atoms with Crippen molar-refractivity contribution in [1.29, 1.82) is 0 Å². The second-order valence-corrected chi connectivity index (χ2v) is 5.90. The molecule has 0 heterocycles. The molecular weight excluding hydrogens is 365 g/mol. The van der Waals surface area contributed by atoms with E-state index in [0.29, 0.717) is 4.90 Å². The van der Waals surface area contributed by atoms with Crippen molar-refractivity contribution in [2.24, 2.45) is 5.92 Å². The lowest BCUT2D eigenvalue weighted by atomic mass is 9.88. The summed E-state index contributed by atoms with van der Waals surface area (Å²) in [6.45, 7) is 2.06. The average molecular weight is 381 g/mol. The van der Waals surface area contributed by atoms with Gasteiger partial charge in [0, 0.05) is 12.7 Å². The molecule has 1 unspecified atom stereocenters. The van der Waals surface area contributed by atoms with Crippen LogP contribution in [0.15, 0.2) is 30.3 Å². The molecule has 1 rings (SSSR count). The summed E-state index contributed by atoms with van der Waals surface area (Å²) in [5, 5.41) is 0. The summed E-state index contributed by atoms with van der Waals surface area (Å²) in [5.41, 5.74) is -0.0352. The first-order valence-corrected chi connectivity index (χ1v) is 7.07. The number of halogens is 9. The molecule has 0 aromatic heterocycles. The molecule has 1 nitrogen and oxygen atoms in total. The molecular formula is C15H16F9N.